The summed E-state index contributed by atoms with van der Waals surface area (Å²) in [6.07, 6.45) is 5.23. The van der Waals surface area contributed by atoms with Crippen LogP contribution >= 0.6 is 0 Å². The first-order valence-electron chi connectivity index (χ1n) is 11.6. The summed E-state index contributed by atoms with van der Waals surface area (Å²) in [7, 11) is -1.63. The van der Waals surface area contributed by atoms with Crippen molar-refractivity contribution in [1.82, 2.24) is 28.4 Å². The fourth-order valence-electron chi connectivity index (χ4n) is 4.93. The summed E-state index contributed by atoms with van der Waals surface area (Å²) < 4.78 is 28.9. The number of sulfonamides is 1. The zero-order valence-electron chi connectivity index (χ0n) is 19.9. The maximum absolute atomic E-state index is 13.3. The molecular formula is C26H24N6O3S. The molecule has 1 aromatic carbocycles. The van der Waals surface area contributed by atoms with Crippen LogP contribution in [-0.4, -0.2) is 56.2 Å². The van der Waals surface area contributed by atoms with Crippen molar-refractivity contribution in [2.24, 2.45) is 7.05 Å². The summed E-state index contributed by atoms with van der Waals surface area (Å²) >= 11 is 0. The molecule has 182 valence electrons. The van der Waals surface area contributed by atoms with Crippen molar-refractivity contribution in [3.05, 3.63) is 77.5 Å². The predicted molar refractivity (Wildman–Crippen MR) is 139 cm³/mol. The summed E-state index contributed by atoms with van der Waals surface area (Å²) in [6, 6.07) is 17.4. The van der Waals surface area contributed by atoms with Gasteiger partial charge in [0.1, 0.15) is 5.52 Å². The third kappa shape index (κ3) is 3.69. The summed E-state index contributed by atoms with van der Waals surface area (Å²) in [5, 5.41) is 0. The summed E-state index contributed by atoms with van der Waals surface area (Å²) in [5.41, 5.74) is 5.87. The number of hydrogen-bond acceptors (Lipinski definition) is 6. The Hall–Kier alpha value is -3.89. The van der Waals surface area contributed by atoms with E-state index in [0.717, 1.165) is 22.5 Å². The highest BCUT2D eigenvalue weighted by Gasteiger charge is 2.32. The van der Waals surface area contributed by atoms with Gasteiger partial charge in [-0.1, -0.05) is 30.3 Å². The molecule has 1 saturated heterocycles. The van der Waals surface area contributed by atoms with E-state index in [9.17, 15) is 13.2 Å². The van der Waals surface area contributed by atoms with Crippen LogP contribution in [0.3, 0.4) is 0 Å². The van der Waals surface area contributed by atoms with Gasteiger partial charge < -0.3 is 0 Å². The van der Waals surface area contributed by atoms with E-state index in [4.69, 9.17) is 4.98 Å². The number of pyridine rings is 3. The van der Waals surface area contributed by atoms with E-state index in [1.165, 1.54) is 10.6 Å². The van der Waals surface area contributed by atoms with Gasteiger partial charge in [0.25, 0.3) is 0 Å². The molecule has 1 aliphatic rings. The molecule has 0 amide bonds. The molecule has 1 fully saturated rings. The van der Waals surface area contributed by atoms with E-state index >= 15 is 0 Å². The molecule has 0 N–H and O–H groups in total. The Bertz CT molecular complexity index is 1780. The van der Waals surface area contributed by atoms with Crippen molar-refractivity contribution in [2.45, 2.75) is 12.5 Å². The van der Waals surface area contributed by atoms with Crippen molar-refractivity contribution < 1.29 is 8.42 Å². The van der Waals surface area contributed by atoms with Crippen LogP contribution in [0.25, 0.3) is 44.6 Å². The highest BCUT2D eigenvalue weighted by atomic mass is 32.2. The molecule has 0 radical (unpaired) electrons. The predicted octanol–water partition coefficient (Wildman–Crippen LogP) is 3.22. The summed E-state index contributed by atoms with van der Waals surface area (Å²) in [6.45, 7) is 0.639. The second-order valence-electron chi connectivity index (χ2n) is 9.13. The lowest BCUT2D eigenvalue weighted by atomic mass is 10.1. The molecule has 10 heteroatoms. The minimum atomic E-state index is -3.34. The van der Waals surface area contributed by atoms with Gasteiger partial charge in [0.05, 0.1) is 46.4 Å². The molecule has 5 aromatic rings. The molecule has 0 bridgehead atoms. The Morgan fingerprint density at radius 1 is 0.917 bits per heavy atom. The smallest absolute Gasteiger partial charge is 0.293 e. The quantitative estimate of drug-likeness (QED) is 0.375. The second-order valence-corrected chi connectivity index (χ2v) is 11.1. The van der Waals surface area contributed by atoms with Crippen molar-refractivity contribution in [3.8, 4) is 22.5 Å². The van der Waals surface area contributed by atoms with Crippen molar-refractivity contribution >= 4 is 32.1 Å². The van der Waals surface area contributed by atoms with Crippen LogP contribution in [0, 0.1) is 0 Å². The first-order valence-corrected chi connectivity index (χ1v) is 13.5. The summed E-state index contributed by atoms with van der Waals surface area (Å²) in [5.74, 6) is 0. The van der Waals surface area contributed by atoms with Gasteiger partial charge >= 0.3 is 5.69 Å². The standard InChI is InChI=1S/C26H24N6O3S/c1-30-23-15-28-22-11-10-21(18-8-9-20(27-14-18)17-6-4-3-5-7-17)29-24(22)25(23)32(26(30)33)19-12-13-31(16-19)36(2,34)35/h3-11,14-15,19H,12-13,16H2,1-2H3. The monoisotopic (exact) mass is 500 g/mol. The molecule has 1 aliphatic heterocycles. The van der Waals surface area contributed by atoms with Crippen LogP contribution in [0.1, 0.15) is 12.5 Å². The highest BCUT2D eigenvalue weighted by Crippen LogP contribution is 2.30. The van der Waals surface area contributed by atoms with E-state index in [1.54, 1.807) is 28.6 Å². The zero-order valence-corrected chi connectivity index (χ0v) is 20.7. The fourth-order valence-corrected chi connectivity index (χ4v) is 5.81. The van der Waals surface area contributed by atoms with Gasteiger partial charge in [-0.05, 0) is 30.7 Å². The largest absolute Gasteiger partial charge is 0.329 e. The third-order valence-electron chi connectivity index (χ3n) is 6.85. The van der Waals surface area contributed by atoms with E-state index in [1.807, 2.05) is 54.6 Å². The van der Waals surface area contributed by atoms with Gasteiger partial charge in [0, 0.05) is 37.5 Å². The lowest BCUT2D eigenvalue weighted by Gasteiger charge is -2.15. The second kappa shape index (κ2) is 8.35. The van der Waals surface area contributed by atoms with Crippen LogP contribution < -0.4 is 5.69 Å². The molecule has 1 atom stereocenters. The van der Waals surface area contributed by atoms with Crippen LogP contribution in [0.5, 0.6) is 0 Å². The van der Waals surface area contributed by atoms with Crippen molar-refractivity contribution in [3.63, 3.8) is 0 Å². The molecule has 6 rings (SSSR count). The third-order valence-corrected chi connectivity index (χ3v) is 8.12. The molecule has 5 heterocycles. The van der Waals surface area contributed by atoms with Gasteiger partial charge in [-0.3, -0.25) is 19.1 Å². The van der Waals surface area contributed by atoms with Crippen molar-refractivity contribution in [1.29, 1.82) is 0 Å². The molecule has 1 unspecified atom stereocenters. The highest BCUT2D eigenvalue weighted by molar-refractivity contribution is 7.88. The number of nitrogens with zero attached hydrogens (tertiary/aromatic N) is 6. The Morgan fingerprint density at radius 2 is 1.69 bits per heavy atom. The first-order chi connectivity index (χ1) is 17.3. The van der Waals surface area contributed by atoms with Gasteiger partial charge in [-0.25, -0.2) is 22.5 Å². The number of benzene rings is 1. The Balaban J connectivity index is 1.48. The molecule has 0 saturated carbocycles. The lowest BCUT2D eigenvalue weighted by Crippen LogP contribution is -2.31. The maximum Gasteiger partial charge on any atom is 0.329 e. The Morgan fingerprint density at radius 3 is 2.39 bits per heavy atom. The van der Waals surface area contributed by atoms with Crippen LogP contribution in [0.4, 0.5) is 0 Å². The van der Waals surface area contributed by atoms with Crippen molar-refractivity contribution in [2.75, 3.05) is 19.3 Å². The van der Waals surface area contributed by atoms with Gasteiger partial charge in [-0.2, -0.15) is 0 Å². The molecular weight excluding hydrogens is 476 g/mol. The van der Waals surface area contributed by atoms with Gasteiger partial charge in [0.2, 0.25) is 10.0 Å². The molecule has 36 heavy (non-hydrogen) atoms. The average molecular weight is 501 g/mol. The van der Waals surface area contributed by atoms with E-state index in [-0.39, 0.29) is 18.3 Å². The van der Waals surface area contributed by atoms with Crippen LogP contribution in [0.2, 0.25) is 0 Å². The normalized spacial score (nSPS) is 16.8. The summed E-state index contributed by atoms with van der Waals surface area (Å²) in [4.78, 5) is 27.4. The number of rotatable bonds is 4. The van der Waals surface area contributed by atoms with E-state index in [0.29, 0.717) is 35.0 Å². The van der Waals surface area contributed by atoms with E-state index in [2.05, 4.69) is 9.97 Å². The Kier molecular flexibility index (Phi) is 5.24. The van der Waals surface area contributed by atoms with Crippen LogP contribution in [-0.2, 0) is 17.1 Å². The minimum Gasteiger partial charge on any atom is -0.293 e. The molecule has 9 nitrogen and oxygen atoms in total. The first kappa shape index (κ1) is 22.6. The average Bonchev–Trinajstić information content (AvgIpc) is 3.48. The topological polar surface area (TPSA) is 103 Å². The lowest BCUT2D eigenvalue weighted by molar-refractivity contribution is 0.454. The molecule has 0 aliphatic carbocycles. The fraction of sp³-hybridized carbons (Fsp3) is 0.231. The zero-order chi connectivity index (χ0) is 25.0. The molecule has 4 aromatic heterocycles. The SMILES string of the molecule is Cn1c(=O)n(C2CCN(S(C)(=O)=O)C2)c2c3nc(-c4ccc(-c5ccccc5)nc4)ccc3ncc21. The minimum absolute atomic E-state index is 0.208. The number of aryl methyl sites for hydroxylation is 1. The maximum atomic E-state index is 13.3. The van der Waals surface area contributed by atoms with Gasteiger partial charge in [-0.15, -0.1) is 0 Å². The number of fused-ring (bicyclic) bond motifs is 3. The van der Waals surface area contributed by atoms with Gasteiger partial charge in [0.15, 0.2) is 0 Å². The number of imidazole rings is 1. The Labute approximate surface area is 207 Å². The number of aromatic nitrogens is 5. The molecule has 0 spiro atoms. The van der Waals surface area contributed by atoms with E-state index < -0.39 is 10.0 Å². The number of hydrogen-bond donors (Lipinski definition) is 0. The van der Waals surface area contributed by atoms with Crippen LogP contribution in [0.15, 0.2) is 71.8 Å².